The van der Waals surface area contributed by atoms with Crippen molar-refractivity contribution in [1.29, 1.82) is 0 Å². The number of carbonyl (C=O) groups excluding carboxylic acids is 2. The minimum Gasteiger partial charge on any atom is -0.490 e. The molecule has 0 radical (unpaired) electrons. The summed E-state index contributed by atoms with van der Waals surface area (Å²) < 4.78 is 14.0. The van der Waals surface area contributed by atoms with Gasteiger partial charge in [-0.25, -0.2) is 0 Å². The maximum absolute atomic E-state index is 13.2. The number of amides is 2. The van der Waals surface area contributed by atoms with Crippen LogP contribution in [-0.4, -0.2) is 76.4 Å². The van der Waals surface area contributed by atoms with Crippen LogP contribution in [-0.2, 0) is 16.6 Å². The molecule has 2 aliphatic heterocycles. The minimum atomic E-state index is -0.945. The van der Waals surface area contributed by atoms with Crippen LogP contribution < -0.4 is 4.74 Å². The molecule has 2 aliphatic rings. The third-order valence-corrected chi connectivity index (χ3v) is 7.11. The van der Waals surface area contributed by atoms with Gasteiger partial charge in [-0.3, -0.25) is 14.3 Å². The Hall–Kier alpha value is -2.58. The van der Waals surface area contributed by atoms with Gasteiger partial charge in [0, 0.05) is 37.4 Å². The predicted molar refractivity (Wildman–Crippen MR) is 129 cm³/mol. The molecule has 184 valence electrons. The molecule has 0 saturated carbocycles. The second-order valence-electron chi connectivity index (χ2n) is 9.37. The van der Waals surface area contributed by atoms with Gasteiger partial charge in [-0.1, -0.05) is 11.6 Å². The molecular weight excluding hydrogens is 456 g/mol. The first kappa shape index (κ1) is 24.5. The van der Waals surface area contributed by atoms with Crippen molar-refractivity contribution in [3.63, 3.8) is 0 Å². The highest BCUT2D eigenvalue weighted by atomic mass is 35.5. The summed E-state index contributed by atoms with van der Waals surface area (Å²) in [6, 6.07) is 7.24. The monoisotopic (exact) mass is 488 g/mol. The van der Waals surface area contributed by atoms with E-state index >= 15 is 0 Å². The highest BCUT2D eigenvalue weighted by molar-refractivity contribution is 6.31. The molecule has 4 rings (SSSR count). The number of hydrogen-bond donors (Lipinski definition) is 0. The summed E-state index contributed by atoms with van der Waals surface area (Å²) in [4.78, 5) is 30.1. The molecule has 2 fully saturated rings. The summed E-state index contributed by atoms with van der Waals surface area (Å²) in [5, 5.41) is 5.01. The second-order valence-corrected chi connectivity index (χ2v) is 9.78. The van der Waals surface area contributed by atoms with Gasteiger partial charge in [-0.05, 0) is 62.9 Å². The minimum absolute atomic E-state index is 0.0403. The Kier molecular flexibility index (Phi) is 7.48. The number of benzene rings is 1. The van der Waals surface area contributed by atoms with Gasteiger partial charge in [0.1, 0.15) is 18.0 Å². The number of ether oxygens (including phenoxy) is 2. The zero-order valence-corrected chi connectivity index (χ0v) is 20.9. The van der Waals surface area contributed by atoms with Crippen LogP contribution in [0.1, 0.15) is 47.4 Å². The van der Waals surface area contributed by atoms with Gasteiger partial charge >= 0.3 is 0 Å². The van der Waals surface area contributed by atoms with Crippen LogP contribution in [0.3, 0.4) is 0 Å². The van der Waals surface area contributed by atoms with E-state index in [-0.39, 0.29) is 31.4 Å². The molecular formula is C25H33ClN4O4. The van der Waals surface area contributed by atoms with Crippen LogP contribution in [0.4, 0.5) is 0 Å². The Morgan fingerprint density at radius 1 is 1.12 bits per heavy atom. The van der Waals surface area contributed by atoms with Crippen molar-refractivity contribution in [1.82, 2.24) is 19.6 Å². The SMILES string of the molecule is Cc1cc(OC[C@@]2(CC(=O)N3CCCCC3)CN(C(=O)c3cc(C)n(C)n3)CCO2)ccc1Cl. The average Bonchev–Trinajstić information content (AvgIpc) is 3.18. The molecule has 0 aliphatic carbocycles. The van der Waals surface area contributed by atoms with Crippen molar-refractivity contribution in [3.05, 3.63) is 46.2 Å². The summed E-state index contributed by atoms with van der Waals surface area (Å²) in [6.07, 6.45) is 3.34. The van der Waals surface area contributed by atoms with Crippen molar-refractivity contribution >= 4 is 23.4 Å². The van der Waals surface area contributed by atoms with Gasteiger partial charge in [0.25, 0.3) is 5.91 Å². The maximum Gasteiger partial charge on any atom is 0.274 e. The quantitative estimate of drug-likeness (QED) is 0.623. The van der Waals surface area contributed by atoms with E-state index in [0.29, 0.717) is 29.6 Å². The van der Waals surface area contributed by atoms with Crippen LogP contribution in [0.2, 0.25) is 5.02 Å². The molecule has 34 heavy (non-hydrogen) atoms. The third-order valence-electron chi connectivity index (χ3n) is 6.68. The molecule has 1 aromatic carbocycles. The van der Waals surface area contributed by atoms with Crippen LogP contribution in [0.15, 0.2) is 24.3 Å². The number of likely N-dealkylation sites (tertiary alicyclic amines) is 1. The number of halogens is 1. The standard InChI is InChI=1S/C25H33ClN4O4/c1-18-13-20(7-8-21(18)26)33-17-25(15-23(31)29-9-5-4-6-10-29)16-30(11-12-34-25)24(32)22-14-19(2)28(3)27-22/h7-8,13-14H,4-6,9-12,15-17H2,1-3H3/t25-/m1/s1. The number of carbonyl (C=O) groups is 2. The van der Waals surface area contributed by atoms with E-state index in [4.69, 9.17) is 21.1 Å². The Balaban J connectivity index is 1.54. The third kappa shape index (κ3) is 5.55. The second kappa shape index (κ2) is 10.4. The number of morpholine rings is 1. The van der Waals surface area contributed by atoms with Crippen LogP contribution >= 0.6 is 11.6 Å². The first-order chi connectivity index (χ1) is 16.3. The Labute approximate surface area is 205 Å². The summed E-state index contributed by atoms with van der Waals surface area (Å²) in [5.41, 5.74) is 1.27. The number of aromatic nitrogens is 2. The molecule has 1 aromatic heterocycles. The lowest BCUT2D eigenvalue weighted by Gasteiger charge is -2.43. The van der Waals surface area contributed by atoms with Crippen LogP contribution in [0.5, 0.6) is 5.75 Å². The highest BCUT2D eigenvalue weighted by Gasteiger charge is 2.43. The van der Waals surface area contributed by atoms with Gasteiger partial charge in [0.2, 0.25) is 5.91 Å². The molecule has 0 bridgehead atoms. The van der Waals surface area contributed by atoms with E-state index in [1.54, 1.807) is 27.8 Å². The van der Waals surface area contributed by atoms with Crippen molar-refractivity contribution in [2.45, 2.75) is 45.1 Å². The summed E-state index contributed by atoms with van der Waals surface area (Å²) in [7, 11) is 1.81. The van der Waals surface area contributed by atoms with Crippen molar-refractivity contribution in [3.8, 4) is 5.75 Å². The normalized spacial score (nSPS) is 20.9. The number of nitrogens with zero attached hydrogens (tertiary/aromatic N) is 4. The molecule has 9 heteroatoms. The Morgan fingerprint density at radius 2 is 1.88 bits per heavy atom. The van der Waals surface area contributed by atoms with E-state index in [2.05, 4.69) is 5.10 Å². The summed E-state index contributed by atoms with van der Waals surface area (Å²) in [5.74, 6) is 0.529. The Bertz CT molecular complexity index is 1030. The van der Waals surface area contributed by atoms with E-state index in [1.807, 2.05) is 31.9 Å². The maximum atomic E-state index is 13.2. The van der Waals surface area contributed by atoms with E-state index in [9.17, 15) is 9.59 Å². The molecule has 2 amide bonds. The largest absolute Gasteiger partial charge is 0.490 e. The molecule has 0 N–H and O–H groups in total. The van der Waals surface area contributed by atoms with Crippen molar-refractivity contribution in [2.75, 3.05) is 39.4 Å². The fraction of sp³-hybridized carbons (Fsp3) is 0.560. The molecule has 2 aromatic rings. The zero-order chi connectivity index (χ0) is 24.3. The summed E-state index contributed by atoms with van der Waals surface area (Å²) >= 11 is 6.15. The average molecular weight is 489 g/mol. The van der Waals surface area contributed by atoms with Crippen molar-refractivity contribution < 1.29 is 19.1 Å². The van der Waals surface area contributed by atoms with Gasteiger partial charge in [0.15, 0.2) is 5.69 Å². The van der Waals surface area contributed by atoms with Crippen molar-refractivity contribution in [2.24, 2.45) is 7.05 Å². The molecule has 1 atom stereocenters. The molecule has 0 unspecified atom stereocenters. The fourth-order valence-electron chi connectivity index (χ4n) is 4.54. The van der Waals surface area contributed by atoms with Gasteiger partial charge in [-0.15, -0.1) is 0 Å². The molecule has 8 nitrogen and oxygen atoms in total. The van der Waals surface area contributed by atoms with Crippen LogP contribution in [0, 0.1) is 13.8 Å². The smallest absolute Gasteiger partial charge is 0.274 e. The number of rotatable bonds is 6. The lowest BCUT2D eigenvalue weighted by atomic mass is 9.96. The van der Waals surface area contributed by atoms with Crippen LogP contribution in [0.25, 0.3) is 0 Å². The van der Waals surface area contributed by atoms with Gasteiger partial charge in [0.05, 0.1) is 19.6 Å². The number of piperidine rings is 1. The van der Waals surface area contributed by atoms with Gasteiger partial charge < -0.3 is 19.3 Å². The number of hydrogen-bond acceptors (Lipinski definition) is 5. The Morgan fingerprint density at radius 3 is 2.56 bits per heavy atom. The summed E-state index contributed by atoms with van der Waals surface area (Å²) in [6.45, 7) is 6.53. The topological polar surface area (TPSA) is 76.9 Å². The first-order valence-corrected chi connectivity index (χ1v) is 12.2. The fourth-order valence-corrected chi connectivity index (χ4v) is 4.66. The van der Waals surface area contributed by atoms with E-state index < -0.39 is 5.60 Å². The predicted octanol–water partition coefficient (Wildman–Crippen LogP) is 3.38. The molecule has 0 spiro atoms. The zero-order valence-electron chi connectivity index (χ0n) is 20.2. The lowest BCUT2D eigenvalue weighted by Crippen LogP contribution is -2.58. The first-order valence-electron chi connectivity index (χ1n) is 11.9. The van der Waals surface area contributed by atoms with Gasteiger partial charge in [-0.2, -0.15) is 5.10 Å². The van der Waals surface area contributed by atoms with E-state index in [1.165, 1.54) is 0 Å². The molecule has 3 heterocycles. The highest BCUT2D eigenvalue weighted by Crippen LogP contribution is 2.28. The number of aryl methyl sites for hydroxylation is 3. The molecule has 2 saturated heterocycles. The lowest BCUT2D eigenvalue weighted by molar-refractivity contribution is -0.153. The van der Waals surface area contributed by atoms with E-state index in [0.717, 1.165) is 43.6 Å².